The first kappa shape index (κ1) is 17.9. The Bertz CT molecular complexity index is 708. The van der Waals surface area contributed by atoms with Crippen LogP contribution in [-0.2, 0) is 10.0 Å². The molecule has 0 amide bonds. The molecule has 0 spiro atoms. The van der Waals surface area contributed by atoms with Crippen molar-refractivity contribution in [3.05, 3.63) is 45.9 Å². The minimum absolute atomic E-state index is 0.0816. The second-order valence-electron chi connectivity index (χ2n) is 5.25. The van der Waals surface area contributed by atoms with Crippen LogP contribution in [0.1, 0.15) is 35.0 Å². The zero-order chi connectivity index (χ0) is 16.9. The lowest BCUT2D eigenvalue weighted by molar-refractivity contribution is 0.340. The van der Waals surface area contributed by atoms with E-state index in [9.17, 15) is 8.42 Å². The largest absolute Gasteiger partial charge is 0.492 e. The second kappa shape index (κ2) is 7.90. The predicted molar refractivity (Wildman–Crippen MR) is 93.5 cm³/mol. The minimum atomic E-state index is -3.42. The van der Waals surface area contributed by atoms with Crippen LogP contribution in [0.15, 0.2) is 30.3 Å². The number of nitrogens with zero attached hydrogens (tertiary/aromatic N) is 1. The maximum Gasteiger partial charge on any atom is 0.215 e. The van der Waals surface area contributed by atoms with Gasteiger partial charge in [-0.2, -0.15) is 0 Å². The maximum atomic E-state index is 12.2. The molecule has 1 atom stereocenters. The van der Waals surface area contributed by atoms with Crippen molar-refractivity contribution in [3.8, 4) is 5.75 Å². The van der Waals surface area contributed by atoms with Crippen molar-refractivity contribution < 1.29 is 13.2 Å². The third kappa shape index (κ3) is 5.30. The van der Waals surface area contributed by atoms with Gasteiger partial charge in [-0.25, -0.2) is 18.1 Å². The normalized spacial score (nSPS) is 13.0. The third-order valence-electron chi connectivity index (χ3n) is 3.44. The molecule has 2 aromatic rings. The molecule has 1 aromatic carbocycles. The predicted octanol–water partition coefficient (Wildman–Crippen LogP) is 3.21. The molecule has 0 saturated heterocycles. The highest BCUT2D eigenvalue weighted by molar-refractivity contribution is 7.89. The van der Waals surface area contributed by atoms with E-state index in [1.54, 1.807) is 12.1 Å². The van der Waals surface area contributed by atoms with Gasteiger partial charge in [0.25, 0.3) is 0 Å². The van der Waals surface area contributed by atoms with E-state index in [0.29, 0.717) is 12.2 Å². The number of nitrogens with one attached hydrogen (secondary N) is 1. The summed E-state index contributed by atoms with van der Waals surface area (Å²) in [5.41, 5.74) is 0.954. The van der Waals surface area contributed by atoms with Gasteiger partial charge in [-0.1, -0.05) is 25.1 Å². The van der Waals surface area contributed by atoms with E-state index in [-0.39, 0.29) is 18.4 Å². The average Bonchev–Trinajstić information content (AvgIpc) is 2.85. The molecular weight excluding hydrogens is 332 g/mol. The average molecular weight is 354 g/mol. The summed E-state index contributed by atoms with van der Waals surface area (Å²) >= 11 is 1.54. The molecule has 126 valence electrons. The Morgan fingerprint density at radius 1 is 1.26 bits per heavy atom. The highest BCUT2D eigenvalue weighted by Gasteiger charge is 2.21. The van der Waals surface area contributed by atoms with E-state index in [1.807, 2.05) is 39.0 Å². The van der Waals surface area contributed by atoms with E-state index in [1.165, 1.54) is 11.3 Å². The fourth-order valence-electron chi connectivity index (χ4n) is 2.02. The molecule has 0 aliphatic heterocycles. The van der Waals surface area contributed by atoms with E-state index >= 15 is 0 Å². The maximum absolute atomic E-state index is 12.2. The number of hydrogen-bond acceptors (Lipinski definition) is 5. The van der Waals surface area contributed by atoms with Gasteiger partial charge in [-0.05, 0) is 32.4 Å². The van der Waals surface area contributed by atoms with Gasteiger partial charge < -0.3 is 4.74 Å². The monoisotopic (exact) mass is 354 g/mol. The van der Waals surface area contributed by atoms with Crippen LogP contribution in [0.4, 0.5) is 0 Å². The molecule has 0 bridgehead atoms. The van der Waals surface area contributed by atoms with Crippen LogP contribution in [0.2, 0.25) is 0 Å². The van der Waals surface area contributed by atoms with Gasteiger partial charge in [0.1, 0.15) is 17.4 Å². The van der Waals surface area contributed by atoms with E-state index in [2.05, 4.69) is 9.71 Å². The summed E-state index contributed by atoms with van der Waals surface area (Å²) < 4.78 is 32.7. The zero-order valence-electron chi connectivity index (χ0n) is 13.6. The topological polar surface area (TPSA) is 68.3 Å². The first-order valence-corrected chi connectivity index (χ1v) is 10.00. The standard InChI is InChI=1S/C16H22N2O3S2/c1-4-15(16-17-12(2)13(3)22-16)18-23(19,20)11-10-21-14-8-6-5-7-9-14/h5-9,15,18H,4,10-11H2,1-3H3. The van der Waals surface area contributed by atoms with E-state index in [4.69, 9.17) is 4.74 Å². The molecule has 0 radical (unpaired) electrons. The van der Waals surface area contributed by atoms with Gasteiger partial charge in [-0.3, -0.25) is 0 Å². The van der Waals surface area contributed by atoms with Crippen molar-refractivity contribution in [2.75, 3.05) is 12.4 Å². The molecule has 0 aliphatic carbocycles. The van der Waals surface area contributed by atoms with Crippen LogP contribution >= 0.6 is 11.3 Å². The summed E-state index contributed by atoms with van der Waals surface area (Å²) in [7, 11) is -3.42. The van der Waals surface area contributed by atoms with Crippen molar-refractivity contribution in [2.24, 2.45) is 0 Å². The number of hydrogen-bond donors (Lipinski definition) is 1. The van der Waals surface area contributed by atoms with Crippen molar-refractivity contribution in [3.63, 3.8) is 0 Å². The first-order chi connectivity index (χ1) is 10.9. The van der Waals surface area contributed by atoms with Gasteiger partial charge in [0.05, 0.1) is 17.5 Å². The van der Waals surface area contributed by atoms with Crippen LogP contribution < -0.4 is 9.46 Å². The Hall–Kier alpha value is -1.44. The molecule has 7 heteroatoms. The van der Waals surface area contributed by atoms with Crippen molar-refractivity contribution in [1.82, 2.24) is 9.71 Å². The van der Waals surface area contributed by atoms with Gasteiger partial charge in [0.15, 0.2) is 0 Å². The lowest BCUT2D eigenvalue weighted by Gasteiger charge is -2.15. The fourth-order valence-corrected chi connectivity index (χ4v) is 4.28. The number of thiazole rings is 1. The summed E-state index contributed by atoms with van der Waals surface area (Å²) in [5.74, 6) is 0.586. The summed E-state index contributed by atoms with van der Waals surface area (Å²) in [6.45, 7) is 5.99. The molecule has 1 unspecified atom stereocenters. The number of aryl methyl sites for hydroxylation is 2. The van der Waals surface area contributed by atoms with Gasteiger partial charge >= 0.3 is 0 Å². The van der Waals surface area contributed by atoms with E-state index < -0.39 is 10.0 Å². The molecule has 0 fully saturated rings. The summed E-state index contributed by atoms with van der Waals surface area (Å²) in [4.78, 5) is 5.57. The summed E-state index contributed by atoms with van der Waals surface area (Å²) in [6.07, 6.45) is 0.658. The molecule has 1 heterocycles. The Kier molecular flexibility index (Phi) is 6.15. The summed E-state index contributed by atoms with van der Waals surface area (Å²) in [5, 5.41) is 0.815. The number of ether oxygens (including phenoxy) is 1. The highest BCUT2D eigenvalue weighted by atomic mass is 32.2. The third-order valence-corrected chi connectivity index (χ3v) is 5.97. The van der Waals surface area contributed by atoms with Crippen LogP contribution in [0, 0.1) is 13.8 Å². The first-order valence-electron chi connectivity index (χ1n) is 7.53. The smallest absolute Gasteiger partial charge is 0.215 e. The SMILES string of the molecule is CCC(NS(=O)(=O)CCOc1ccccc1)c1nc(C)c(C)s1. The molecule has 0 aliphatic rings. The number of para-hydroxylation sites is 1. The Balaban J connectivity index is 1.93. The number of rotatable bonds is 8. The molecule has 23 heavy (non-hydrogen) atoms. The van der Waals surface area contributed by atoms with Gasteiger partial charge in [-0.15, -0.1) is 11.3 Å². The lowest BCUT2D eigenvalue weighted by atomic mass is 10.2. The lowest BCUT2D eigenvalue weighted by Crippen LogP contribution is -2.32. The highest BCUT2D eigenvalue weighted by Crippen LogP contribution is 2.25. The van der Waals surface area contributed by atoms with Gasteiger partial charge in [0, 0.05) is 4.88 Å². The molecule has 1 aromatic heterocycles. The minimum Gasteiger partial charge on any atom is -0.492 e. The van der Waals surface area contributed by atoms with Crippen molar-refractivity contribution in [2.45, 2.75) is 33.2 Å². The molecule has 0 saturated carbocycles. The number of benzene rings is 1. The Morgan fingerprint density at radius 2 is 1.96 bits per heavy atom. The molecule has 5 nitrogen and oxygen atoms in total. The Morgan fingerprint density at radius 3 is 2.52 bits per heavy atom. The van der Waals surface area contributed by atoms with Crippen LogP contribution in [0.5, 0.6) is 5.75 Å². The summed E-state index contributed by atoms with van der Waals surface area (Å²) in [6, 6.07) is 8.90. The Labute approximate surface area is 141 Å². The van der Waals surface area contributed by atoms with Gasteiger partial charge in [0.2, 0.25) is 10.0 Å². The molecular formula is C16H22N2O3S2. The zero-order valence-corrected chi connectivity index (χ0v) is 15.2. The fraction of sp³-hybridized carbons (Fsp3) is 0.438. The van der Waals surface area contributed by atoms with E-state index in [0.717, 1.165) is 15.6 Å². The number of aromatic nitrogens is 1. The number of sulfonamides is 1. The quantitative estimate of drug-likeness (QED) is 0.790. The molecule has 2 rings (SSSR count). The van der Waals surface area contributed by atoms with Crippen LogP contribution in [-0.4, -0.2) is 25.8 Å². The second-order valence-corrected chi connectivity index (χ2v) is 8.36. The van der Waals surface area contributed by atoms with Crippen molar-refractivity contribution in [1.29, 1.82) is 0 Å². The van der Waals surface area contributed by atoms with Crippen molar-refractivity contribution >= 4 is 21.4 Å². The van der Waals surface area contributed by atoms with Crippen LogP contribution in [0.3, 0.4) is 0 Å². The molecule has 1 N–H and O–H groups in total. The van der Waals surface area contributed by atoms with Crippen LogP contribution in [0.25, 0.3) is 0 Å².